The van der Waals surface area contributed by atoms with Gasteiger partial charge in [0.15, 0.2) is 5.82 Å². The standard InChI is InChI=1S/C23H27N5O2/c1-15(2)28-22(26-21(27-28)16-7-4-3-5-8-16)17-10-11-20(29)19(13-17)25-23(30)18-9-6-12-24-14-18/h3-9,12,14-15,17,19-20,29H,10-11,13H2,1-2H3,(H,25,30)/t17-,19+,20+/m0/s1. The van der Waals surface area contributed by atoms with Crippen molar-refractivity contribution >= 4 is 5.91 Å². The van der Waals surface area contributed by atoms with Crippen molar-refractivity contribution in [3.63, 3.8) is 0 Å². The molecule has 1 aromatic carbocycles. The van der Waals surface area contributed by atoms with Crippen molar-refractivity contribution < 1.29 is 9.90 Å². The highest BCUT2D eigenvalue weighted by molar-refractivity contribution is 5.94. The molecule has 3 aromatic rings. The zero-order valence-corrected chi connectivity index (χ0v) is 17.3. The summed E-state index contributed by atoms with van der Waals surface area (Å²) < 4.78 is 1.98. The van der Waals surface area contributed by atoms with E-state index in [1.807, 2.05) is 35.0 Å². The summed E-state index contributed by atoms with van der Waals surface area (Å²) in [6.45, 7) is 4.18. The Labute approximate surface area is 176 Å². The molecule has 1 aliphatic rings. The van der Waals surface area contributed by atoms with Gasteiger partial charge in [0, 0.05) is 29.9 Å². The van der Waals surface area contributed by atoms with Crippen LogP contribution in [0.5, 0.6) is 0 Å². The molecule has 30 heavy (non-hydrogen) atoms. The van der Waals surface area contributed by atoms with Crippen molar-refractivity contribution in [2.24, 2.45) is 0 Å². The van der Waals surface area contributed by atoms with Gasteiger partial charge in [-0.1, -0.05) is 30.3 Å². The van der Waals surface area contributed by atoms with Crippen LogP contribution in [0.2, 0.25) is 0 Å². The van der Waals surface area contributed by atoms with Gasteiger partial charge in [-0.15, -0.1) is 0 Å². The van der Waals surface area contributed by atoms with E-state index < -0.39 is 6.10 Å². The van der Waals surface area contributed by atoms with Crippen LogP contribution < -0.4 is 5.32 Å². The largest absolute Gasteiger partial charge is 0.391 e. The smallest absolute Gasteiger partial charge is 0.253 e. The molecule has 1 aliphatic carbocycles. The van der Waals surface area contributed by atoms with E-state index in [0.29, 0.717) is 24.2 Å². The summed E-state index contributed by atoms with van der Waals surface area (Å²) in [6.07, 6.45) is 4.61. The van der Waals surface area contributed by atoms with E-state index in [-0.39, 0.29) is 23.9 Å². The molecule has 0 radical (unpaired) electrons. The van der Waals surface area contributed by atoms with E-state index in [0.717, 1.165) is 17.8 Å². The van der Waals surface area contributed by atoms with Crippen molar-refractivity contribution in [1.29, 1.82) is 0 Å². The molecule has 0 bridgehead atoms. The second-order valence-corrected chi connectivity index (χ2v) is 8.10. The van der Waals surface area contributed by atoms with Crippen LogP contribution >= 0.6 is 0 Å². The van der Waals surface area contributed by atoms with E-state index in [2.05, 4.69) is 24.1 Å². The molecule has 156 valence electrons. The van der Waals surface area contributed by atoms with E-state index in [4.69, 9.17) is 10.1 Å². The molecule has 7 nitrogen and oxygen atoms in total. The minimum atomic E-state index is -0.578. The SMILES string of the molecule is CC(C)n1nc(-c2ccccc2)nc1[C@H]1CC[C@@H](O)[C@H](NC(=O)c2cccnc2)C1. The lowest BCUT2D eigenvalue weighted by Crippen LogP contribution is -2.47. The van der Waals surface area contributed by atoms with Crippen molar-refractivity contribution in [1.82, 2.24) is 25.1 Å². The monoisotopic (exact) mass is 405 g/mol. The van der Waals surface area contributed by atoms with Gasteiger partial charge in [0.25, 0.3) is 5.91 Å². The summed E-state index contributed by atoms with van der Waals surface area (Å²) in [4.78, 5) is 21.4. The van der Waals surface area contributed by atoms with Gasteiger partial charge in [0.2, 0.25) is 0 Å². The molecule has 4 rings (SSSR count). The number of pyridine rings is 1. The van der Waals surface area contributed by atoms with Gasteiger partial charge in [-0.3, -0.25) is 9.78 Å². The van der Waals surface area contributed by atoms with Gasteiger partial charge >= 0.3 is 0 Å². The van der Waals surface area contributed by atoms with Crippen LogP contribution in [0.15, 0.2) is 54.9 Å². The van der Waals surface area contributed by atoms with Gasteiger partial charge in [-0.25, -0.2) is 9.67 Å². The quantitative estimate of drug-likeness (QED) is 0.679. The number of nitrogens with one attached hydrogen (secondary N) is 1. The third kappa shape index (κ3) is 4.26. The summed E-state index contributed by atoms with van der Waals surface area (Å²) in [5.74, 6) is 1.51. The molecule has 0 saturated heterocycles. The number of aliphatic hydroxyl groups excluding tert-OH is 1. The molecule has 3 atom stereocenters. The Kier molecular flexibility index (Phi) is 5.90. The normalized spacial score (nSPS) is 21.5. The molecule has 0 unspecified atom stereocenters. The topological polar surface area (TPSA) is 92.9 Å². The van der Waals surface area contributed by atoms with Crippen molar-refractivity contribution in [3.8, 4) is 11.4 Å². The van der Waals surface area contributed by atoms with Gasteiger partial charge < -0.3 is 10.4 Å². The minimum Gasteiger partial charge on any atom is -0.391 e. The second kappa shape index (κ2) is 8.75. The van der Waals surface area contributed by atoms with Crippen LogP contribution in [0, 0.1) is 0 Å². The maximum absolute atomic E-state index is 12.6. The van der Waals surface area contributed by atoms with Crippen molar-refractivity contribution in [3.05, 3.63) is 66.2 Å². The Morgan fingerprint density at radius 2 is 1.97 bits per heavy atom. The number of aliphatic hydroxyl groups is 1. The summed E-state index contributed by atoms with van der Waals surface area (Å²) in [5, 5.41) is 18.3. The Hall–Kier alpha value is -3.06. The lowest BCUT2D eigenvalue weighted by atomic mass is 9.83. The highest BCUT2D eigenvalue weighted by Crippen LogP contribution is 2.34. The fourth-order valence-corrected chi connectivity index (χ4v) is 4.00. The van der Waals surface area contributed by atoms with Crippen LogP contribution in [-0.4, -0.2) is 42.9 Å². The Morgan fingerprint density at radius 3 is 2.67 bits per heavy atom. The third-order valence-corrected chi connectivity index (χ3v) is 5.60. The van der Waals surface area contributed by atoms with E-state index in [9.17, 15) is 9.90 Å². The molecule has 7 heteroatoms. The Bertz CT molecular complexity index is 987. The fraction of sp³-hybridized carbons (Fsp3) is 0.391. The fourth-order valence-electron chi connectivity index (χ4n) is 4.00. The average molecular weight is 406 g/mol. The Morgan fingerprint density at radius 1 is 1.17 bits per heavy atom. The first-order chi connectivity index (χ1) is 14.5. The van der Waals surface area contributed by atoms with Gasteiger partial charge in [0.1, 0.15) is 5.82 Å². The molecule has 0 spiro atoms. The van der Waals surface area contributed by atoms with Crippen LogP contribution in [0.1, 0.15) is 61.3 Å². The number of amides is 1. The first-order valence-electron chi connectivity index (χ1n) is 10.4. The van der Waals surface area contributed by atoms with E-state index in [1.54, 1.807) is 18.3 Å². The average Bonchev–Trinajstić information content (AvgIpc) is 3.22. The summed E-state index contributed by atoms with van der Waals surface area (Å²) in [7, 11) is 0. The zero-order chi connectivity index (χ0) is 21.1. The molecular formula is C23H27N5O2. The molecule has 2 N–H and O–H groups in total. The zero-order valence-electron chi connectivity index (χ0n) is 17.3. The van der Waals surface area contributed by atoms with Gasteiger partial charge in [-0.2, -0.15) is 5.10 Å². The highest BCUT2D eigenvalue weighted by atomic mass is 16.3. The van der Waals surface area contributed by atoms with E-state index >= 15 is 0 Å². The number of carbonyl (C=O) groups excluding carboxylic acids is 1. The van der Waals surface area contributed by atoms with Crippen LogP contribution in [0.4, 0.5) is 0 Å². The number of benzene rings is 1. The lowest BCUT2D eigenvalue weighted by Gasteiger charge is -2.33. The molecule has 1 fully saturated rings. The second-order valence-electron chi connectivity index (χ2n) is 8.10. The van der Waals surface area contributed by atoms with Crippen LogP contribution in [-0.2, 0) is 0 Å². The van der Waals surface area contributed by atoms with Crippen LogP contribution in [0.25, 0.3) is 11.4 Å². The number of hydrogen-bond acceptors (Lipinski definition) is 5. The van der Waals surface area contributed by atoms with Gasteiger partial charge in [-0.05, 0) is 45.2 Å². The highest BCUT2D eigenvalue weighted by Gasteiger charge is 2.34. The van der Waals surface area contributed by atoms with Crippen LogP contribution in [0.3, 0.4) is 0 Å². The molecule has 1 saturated carbocycles. The minimum absolute atomic E-state index is 0.111. The van der Waals surface area contributed by atoms with Gasteiger partial charge in [0.05, 0.1) is 17.7 Å². The maximum Gasteiger partial charge on any atom is 0.253 e. The predicted octanol–water partition coefficient (Wildman–Crippen LogP) is 3.35. The first-order valence-corrected chi connectivity index (χ1v) is 10.4. The molecule has 2 heterocycles. The Balaban J connectivity index is 1.56. The van der Waals surface area contributed by atoms with Crippen molar-refractivity contribution in [2.45, 2.75) is 57.2 Å². The molecular weight excluding hydrogens is 378 g/mol. The molecule has 1 amide bonds. The number of rotatable bonds is 5. The molecule has 2 aromatic heterocycles. The lowest BCUT2D eigenvalue weighted by molar-refractivity contribution is 0.0667. The van der Waals surface area contributed by atoms with E-state index in [1.165, 1.54) is 6.20 Å². The summed E-state index contributed by atoms with van der Waals surface area (Å²) in [6, 6.07) is 13.2. The third-order valence-electron chi connectivity index (χ3n) is 5.60. The number of nitrogens with zero attached hydrogens (tertiary/aromatic N) is 4. The number of aromatic nitrogens is 4. The summed E-state index contributed by atoms with van der Waals surface area (Å²) in [5.41, 5.74) is 1.47. The number of hydrogen-bond donors (Lipinski definition) is 2. The molecule has 0 aliphatic heterocycles. The maximum atomic E-state index is 12.6. The predicted molar refractivity (Wildman–Crippen MR) is 114 cm³/mol. The first kappa shape index (κ1) is 20.2. The van der Waals surface area contributed by atoms with Crippen molar-refractivity contribution in [2.75, 3.05) is 0 Å². The summed E-state index contributed by atoms with van der Waals surface area (Å²) >= 11 is 0. The number of carbonyl (C=O) groups is 1.